The van der Waals surface area contributed by atoms with Crippen molar-refractivity contribution >= 4 is 23.5 Å². The lowest BCUT2D eigenvalue weighted by molar-refractivity contribution is -0.155. The molecule has 0 aliphatic carbocycles. The summed E-state index contributed by atoms with van der Waals surface area (Å²) in [5.41, 5.74) is 0. The maximum Gasteiger partial charge on any atom is 0.326 e. The van der Waals surface area contributed by atoms with Crippen molar-refractivity contribution in [1.29, 1.82) is 0 Å². The molecule has 1 heterocycles. The third kappa shape index (κ3) is 3.88. The summed E-state index contributed by atoms with van der Waals surface area (Å²) in [6.07, 6.45) is 1.41. The normalized spacial score (nSPS) is 19.9. The molecule has 1 unspecified atom stereocenters. The number of carbonyl (C=O) groups is 2. The Kier molecular flexibility index (Phi) is 5.07. The summed E-state index contributed by atoms with van der Waals surface area (Å²) in [4.78, 5) is 25.0. The Balaban J connectivity index is 2.03. The number of amides is 1. The van der Waals surface area contributed by atoms with Crippen LogP contribution in [0.1, 0.15) is 26.2 Å². The summed E-state index contributed by atoms with van der Waals surface area (Å²) >= 11 is 5.79. The zero-order valence-electron chi connectivity index (χ0n) is 11.8. The molecule has 1 N–H and O–H groups in total. The Hall–Kier alpha value is -1.75. The molecule has 5 nitrogen and oxygen atoms in total. The average Bonchev–Trinajstić information content (AvgIpc) is 2.48. The highest BCUT2D eigenvalue weighted by atomic mass is 35.5. The van der Waals surface area contributed by atoms with Gasteiger partial charge >= 0.3 is 5.97 Å². The molecule has 114 valence electrons. The number of hydrogen-bond acceptors (Lipinski definition) is 3. The second-order valence-electron chi connectivity index (χ2n) is 5.10. The van der Waals surface area contributed by atoms with E-state index in [-0.39, 0.29) is 5.91 Å². The smallest absolute Gasteiger partial charge is 0.326 e. The van der Waals surface area contributed by atoms with Crippen molar-refractivity contribution in [2.45, 2.75) is 38.3 Å². The van der Waals surface area contributed by atoms with Crippen LogP contribution in [0.5, 0.6) is 5.75 Å². The third-order valence-electron chi connectivity index (χ3n) is 3.55. The number of carboxylic acids is 1. The standard InChI is InChI=1S/C15H18ClNO4/c1-10(21-12-7-5-11(16)6-8-12)14(18)17-9-3-2-4-13(17)15(19)20/h5-8,10,13H,2-4,9H2,1H3,(H,19,20)/t10?,13-/m1/s1. The molecule has 0 bridgehead atoms. The fraction of sp³-hybridized carbons (Fsp3) is 0.467. The van der Waals surface area contributed by atoms with Crippen molar-refractivity contribution in [2.75, 3.05) is 6.54 Å². The summed E-state index contributed by atoms with van der Waals surface area (Å²) in [6.45, 7) is 2.09. The van der Waals surface area contributed by atoms with Crippen molar-refractivity contribution in [3.05, 3.63) is 29.3 Å². The Morgan fingerprint density at radius 2 is 2.00 bits per heavy atom. The van der Waals surface area contributed by atoms with Crippen LogP contribution in [0.2, 0.25) is 5.02 Å². The number of likely N-dealkylation sites (tertiary alicyclic amines) is 1. The van der Waals surface area contributed by atoms with Gasteiger partial charge in [0, 0.05) is 11.6 Å². The summed E-state index contributed by atoms with van der Waals surface area (Å²) < 4.78 is 5.57. The lowest BCUT2D eigenvalue weighted by atomic mass is 10.0. The molecule has 0 saturated carbocycles. The highest BCUT2D eigenvalue weighted by Crippen LogP contribution is 2.21. The average molecular weight is 312 g/mol. The van der Waals surface area contributed by atoms with E-state index in [0.717, 1.165) is 12.8 Å². The van der Waals surface area contributed by atoms with Crippen molar-refractivity contribution in [1.82, 2.24) is 4.90 Å². The third-order valence-corrected chi connectivity index (χ3v) is 3.80. The van der Waals surface area contributed by atoms with Gasteiger partial charge in [0.15, 0.2) is 6.10 Å². The SMILES string of the molecule is CC(Oc1ccc(Cl)cc1)C(=O)N1CCCC[C@@H]1C(=O)O. The van der Waals surface area contributed by atoms with Crippen molar-refractivity contribution in [3.8, 4) is 5.75 Å². The van der Waals surface area contributed by atoms with Crippen LogP contribution in [-0.4, -0.2) is 40.6 Å². The number of ether oxygens (including phenoxy) is 1. The fourth-order valence-electron chi connectivity index (χ4n) is 2.45. The molecule has 0 radical (unpaired) electrons. The van der Waals surface area contributed by atoms with Gasteiger partial charge in [-0.05, 0) is 50.5 Å². The monoisotopic (exact) mass is 311 g/mol. The van der Waals surface area contributed by atoms with E-state index in [4.69, 9.17) is 16.3 Å². The summed E-state index contributed by atoms with van der Waals surface area (Å²) in [6, 6.07) is 5.96. The Labute approximate surface area is 128 Å². The molecule has 0 aromatic heterocycles. The van der Waals surface area contributed by atoms with Gasteiger partial charge in [-0.15, -0.1) is 0 Å². The number of aliphatic carboxylic acids is 1. The largest absolute Gasteiger partial charge is 0.481 e. The van der Waals surface area contributed by atoms with Gasteiger partial charge in [-0.3, -0.25) is 4.79 Å². The van der Waals surface area contributed by atoms with Gasteiger partial charge in [-0.1, -0.05) is 11.6 Å². The van der Waals surface area contributed by atoms with Gasteiger partial charge in [0.2, 0.25) is 0 Å². The first-order chi connectivity index (χ1) is 9.99. The second-order valence-corrected chi connectivity index (χ2v) is 5.53. The van der Waals surface area contributed by atoms with E-state index in [2.05, 4.69) is 0 Å². The zero-order valence-corrected chi connectivity index (χ0v) is 12.5. The first kappa shape index (κ1) is 15.6. The number of halogens is 1. The van der Waals surface area contributed by atoms with Gasteiger partial charge in [0.25, 0.3) is 5.91 Å². The number of piperidine rings is 1. The molecule has 1 aliphatic rings. The highest BCUT2D eigenvalue weighted by molar-refractivity contribution is 6.30. The topological polar surface area (TPSA) is 66.8 Å². The minimum atomic E-state index is -0.957. The van der Waals surface area contributed by atoms with Crippen LogP contribution in [0.15, 0.2) is 24.3 Å². The number of carbonyl (C=O) groups excluding carboxylic acids is 1. The quantitative estimate of drug-likeness (QED) is 0.928. The number of nitrogens with zero attached hydrogens (tertiary/aromatic N) is 1. The molecule has 1 amide bonds. The van der Waals surface area contributed by atoms with E-state index in [9.17, 15) is 14.7 Å². The number of benzene rings is 1. The van der Waals surface area contributed by atoms with Crippen molar-refractivity contribution in [2.24, 2.45) is 0 Å². The Morgan fingerprint density at radius 1 is 1.33 bits per heavy atom. The molecule has 6 heteroatoms. The molecule has 2 atom stereocenters. The Morgan fingerprint density at radius 3 is 2.62 bits per heavy atom. The van der Waals surface area contributed by atoms with E-state index in [1.165, 1.54) is 4.90 Å². The molecule has 1 aliphatic heterocycles. The Bertz CT molecular complexity index is 517. The van der Waals surface area contributed by atoms with Gasteiger partial charge in [-0.25, -0.2) is 4.79 Å². The lowest BCUT2D eigenvalue weighted by Gasteiger charge is -2.34. The molecule has 1 aromatic rings. The minimum Gasteiger partial charge on any atom is -0.481 e. The predicted octanol–water partition coefficient (Wildman–Crippen LogP) is 2.57. The van der Waals surface area contributed by atoms with E-state index < -0.39 is 18.1 Å². The molecular formula is C15H18ClNO4. The summed E-state index contributed by atoms with van der Waals surface area (Å²) in [7, 11) is 0. The van der Waals surface area contributed by atoms with E-state index in [1.54, 1.807) is 31.2 Å². The van der Waals surface area contributed by atoms with Crippen LogP contribution < -0.4 is 4.74 Å². The van der Waals surface area contributed by atoms with Crippen LogP contribution >= 0.6 is 11.6 Å². The molecule has 21 heavy (non-hydrogen) atoms. The second kappa shape index (κ2) is 6.80. The molecule has 1 aromatic carbocycles. The zero-order chi connectivity index (χ0) is 15.4. The van der Waals surface area contributed by atoms with Crippen molar-refractivity contribution < 1.29 is 19.4 Å². The molecule has 1 saturated heterocycles. The van der Waals surface area contributed by atoms with Crippen LogP contribution in [0, 0.1) is 0 Å². The molecule has 1 fully saturated rings. The van der Waals surface area contributed by atoms with Crippen LogP contribution in [0.3, 0.4) is 0 Å². The van der Waals surface area contributed by atoms with E-state index in [1.807, 2.05) is 0 Å². The van der Waals surface area contributed by atoms with E-state index in [0.29, 0.717) is 23.7 Å². The maximum atomic E-state index is 12.4. The highest BCUT2D eigenvalue weighted by Gasteiger charge is 2.34. The number of carboxylic acid groups (broad SMARTS) is 1. The fourth-order valence-corrected chi connectivity index (χ4v) is 2.58. The minimum absolute atomic E-state index is 0.294. The number of hydrogen-bond donors (Lipinski definition) is 1. The van der Waals surface area contributed by atoms with Gasteiger partial charge in [-0.2, -0.15) is 0 Å². The first-order valence-electron chi connectivity index (χ1n) is 6.94. The van der Waals surface area contributed by atoms with Crippen LogP contribution in [0.25, 0.3) is 0 Å². The molecule has 0 spiro atoms. The predicted molar refractivity (Wildman–Crippen MR) is 78.5 cm³/mol. The first-order valence-corrected chi connectivity index (χ1v) is 7.32. The maximum absolute atomic E-state index is 12.4. The van der Waals surface area contributed by atoms with Crippen LogP contribution in [0.4, 0.5) is 0 Å². The molecular weight excluding hydrogens is 294 g/mol. The van der Waals surface area contributed by atoms with Gasteiger partial charge in [0.1, 0.15) is 11.8 Å². The van der Waals surface area contributed by atoms with Gasteiger partial charge < -0.3 is 14.7 Å². The summed E-state index contributed by atoms with van der Waals surface area (Å²) in [5.74, 6) is -0.720. The lowest BCUT2D eigenvalue weighted by Crippen LogP contribution is -2.52. The van der Waals surface area contributed by atoms with E-state index >= 15 is 0 Å². The van der Waals surface area contributed by atoms with Crippen molar-refractivity contribution in [3.63, 3.8) is 0 Å². The van der Waals surface area contributed by atoms with Crippen LogP contribution in [-0.2, 0) is 9.59 Å². The summed E-state index contributed by atoms with van der Waals surface area (Å²) in [5, 5.41) is 9.80. The molecule has 2 rings (SSSR count). The number of rotatable bonds is 4. The van der Waals surface area contributed by atoms with Gasteiger partial charge in [0.05, 0.1) is 0 Å².